The molecule has 0 bridgehead atoms. The zero-order valence-corrected chi connectivity index (χ0v) is 32.0. The second-order valence-electron chi connectivity index (χ2n) is 15.4. The number of hydrogen-bond donors (Lipinski definition) is 4. The minimum Gasteiger partial charge on any atom is -0.379 e. The third-order valence-corrected chi connectivity index (χ3v) is 9.67. The second-order valence-corrected chi connectivity index (χ2v) is 15.4. The third kappa shape index (κ3) is 14.0. The number of Topliss-reactive ketones (excluding diaryl/α,β-unsaturated/α-hetero) is 1. The minimum absolute atomic E-state index is 0.0191. The maximum atomic E-state index is 14.1. The number of nitrogens with zero attached hydrogens (tertiary/aromatic N) is 1. The van der Waals surface area contributed by atoms with Crippen LogP contribution in [0, 0.1) is 11.8 Å². The number of benzene rings is 2. The van der Waals surface area contributed by atoms with Crippen molar-refractivity contribution in [1.82, 2.24) is 26.2 Å². The molecule has 2 heterocycles. The van der Waals surface area contributed by atoms with Crippen LogP contribution in [0.2, 0.25) is 0 Å². The smallest absolute Gasteiger partial charge is 0.243 e. The van der Waals surface area contributed by atoms with Crippen molar-refractivity contribution in [2.75, 3.05) is 39.5 Å². The molecule has 0 radical (unpaired) electrons. The first-order valence-electron chi connectivity index (χ1n) is 19.1. The quantitative estimate of drug-likeness (QED) is 0.143. The standard InChI is InChI=1S/C41H59N5O7/c1-28(2)24-33(37(48)41(5)27-53-41)43-40(51)35(26-31-14-10-7-11-15-31)45-39(50)34(25-29(3)4)44-38(49)32(17-16-30-12-8-6-9-13-30)42-36(47)18-19-46-20-22-52-23-21-46/h6-15,28-29,32-35H,16-27H2,1-5H3,(H,42,47)(H,43,51)(H,44,49)(H,45,50)/t32-,33-,34-,35-,41+/m0/s1. The highest BCUT2D eigenvalue weighted by Crippen LogP contribution is 2.29. The van der Waals surface area contributed by atoms with Gasteiger partial charge >= 0.3 is 0 Å². The van der Waals surface area contributed by atoms with Crippen LogP contribution in [0.5, 0.6) is 0 Å². The largest absolute Gasteiger partial charge is 0.379 e. The summed E-state index contributed by atoms with van der Waals surface area (Å²) in [7, 11) is 0. The van der Waals surface area contributed by atoms with Crippen molar-refractivity contribution in [2.24, 2.45) is 11.8 Å². The molecule has 4 N–H and O–H groups in total. The lowest BCUT2D eigenvalue weighted by molar-refractivity contribution is -0.135. The molecule has 290 valence electrons. The maximum absolute atomic E-state index is 14.1. The first-order valence-corrected chi connectivity index (χ1v) is 19.1. The molecule has 2 aliphatic rings. The molecule has 2 aromatic carbocycles. The summed E-state index contributed by atoms with van der Waals surface area (Å²) in [5.74, 6) is -1.78. The van der Waals surface area contributed by atoms with Gasteiger partial charge in [-0.15, -0.1) is 0 Å². The van der Waals surface area contributed by atoms with E-state index in [0.29, 0.717) is 52.0 Å². The summed E-state index contributed by atoms with van der Waals surface area (Å²) in [5, 5.41) is 11.7. The summed E-state index contributed by atoms with van der Waals surface area (Å²) in [6.07, 6.45) is 2.01. The molecule has 2 aromatic rings. The lowest BCUT2D eigenvalue weighted by Crippen LogP contribution is -2.59. The van der Waals surface area contributed by atoms with Crippen molar-refractivity contribution in [1.29, 1.82) is 0 Å². The molecular formula is C41H59N5O7. The van der Waals surface area contributed by atoms with E-state index in [9.17, 15) is 24.0 Å². The van der Waals surface area contributed by atoms with E-state index in [1.165, 1.54) is 0 Å². The van der Waals surface area contributed by atoms with Crippen LogP contribution in [0.3, 0.4) is 0 Å². The molecule has 0 spiro atoms. The highest BCUT2D eigenvalue weighted by atomic mass is 16.6. The highest BCUT2D eigenvalue weighted by Gasteiger charge is 2.50. The van der Waals surface area contributed by atoms with Crippen LogP contribution in [-0.2, 0) is 46.3 Å². The number of hydrogen-bond acceptors (Lipinski definition) is 8. The van der Waals surface area contributed by atoms with E-state index in [2.05, 4.69) is 26.2 Å². The van der Waals surface area contributed by atoms with Crippen molar-refractivity contribution >= 4 is 29.4 Å². The SMILES string of the molecule is CC(C)C[C@H](NC(=O)[C@H](CCc1ccccc1)NC(=O)CCN1CCOCC1)C(=O)N[C@@H](Cc1ccccc1)C(=O)N[C@@H](CC(C)C)C(=O)[C@@]1(C)CO1. The van der Waals surface area contributed by atoms with E-state index in [-0.39, 0.29) is 36.4 Å². The molecule has 0 saturated carbocycles. The Morgan fingerprint density at radius 2 is 1.21 bits per heavy atom. The molecule has 0 aliphatic carbocycles. The number of carbonyl (C=O) groups is 5. The summed E-state index contributed by atoms with van der Waals surface area (Å²) in [6.45, 7) is 13.2. The Labute approximate surface area is 314 Å². The van der Waals surface area contributed by atoms with E-state index in [1.54, 1.807) is 6.92 Å². The molecule has 2 saturated heterocycles. The van der Waals surface area contributed by atoms with Gasteiger partial charge in [-0.05, 0) is 55.6 Å². The molecular weight excluding hydrogens is 674 g/mol. The average Bonchev–Trinajstić information content (AvgIpc) is 3.90. The van der Waals surface area contributed by atoms with Crippen LogP contribution >= 0.6 is 0 Å². The van der Waals surface area contributed by atoms with Gasteiger partial charge in [-0.25, -0.2) is 0 Å². The number of amides is 4. The summed E-state index contributed by atoms with van der Waals surface area (Å²) in [4.78, 5) is 70.7. The van der Waals surface area contributed by atoms with E-state index < -0.39 is 47.5 Å². The molecule has 0 unspecified atom stereocenters. The Hall–Kier alpha value is -4.13. The van der Waals surface area contributed by atoms with Gasteiger partial charge in [0.1, 0.15) is 23.7 Å². The molecule has 0 aromatic heterocycles. The van der Waals surface area contributed by atoms with Gasteiger partial charge in [-0.2, -0.15) is 0 Å². The van der Waals surface area contributed by atoms with Crippen molar-refractivity contribution in [3.8, 4) is 0 Å². The lowest BCUT2D eigenvalue weighted by atomic mass is 9.93. The highest BCUT2D eigenvalue weighted by molar-refractivity contribution is 5.98. The summed E-state index contributed by atoms with van der Waals surface area (Å²) in [5.41, 5.74) is 0.921. The number of ketones is 1. The normalized spacial score (nSPS) is 19.5. The van der Waals surface area contributed by atoms with Gasteiger partial charge in [0.2, 0.25) is 23.6 Å². The number of aryl methyl sites for hydroxylation is 1. The predicted octanol–water partition coefficient (Wildman–Crippen LogP) is 2.97. The van der Waals surface area contributed by atoms with Crippen LogP contribution in [-0.4, -0.2) is 104 Å². The van der Waals surface area contributed by atoms with Gasteiger partial charge < -0.3 is 30.7 Å². The fourth-order valence-corrected chi connectivity index (χ4v) is 6.48. The van der Waals surface area contributed by atoms with Crippen LogP contribution in [0.15, 0.2) is 60.7 Å². The summed E-state index contributed by atoms with van der Waals surface area (Å²) in [6, 6.07) is 15.4. The average molecular weight is 734 g/mol. The minimum atomic E-state index is -1.03. The topological polar surface area (TPSA) is 158 Å². The lowest BCUT2D eigenvalue weighted by Gasteiger charge is -2.28. The van der Waals surface area contributed by atoms with Crippen LogP contribution in [0.1, 0.15) is 71.4 Å². The molecule has 5 atom stereocenters. The van der Waals surface area contributed by atoms with Gasteiger partial charge in [0.05, 0.1) is 25.9 Å². The zero-order chi connectivity index (χ0) is 38.4. The first kappa shape index (κ1) is 41.6. The van der Waals surface area contributed by atoms with E-state index in [4.69, 9.17) is 9.47 Å². The van der Waals surface area contributed by atoms with E-state index in [1.807, 2.05) is 88.4 Å². The molecule has 2 fully saturated rings. The van der Waals surface area contributed by atoms with Crippen molar-refractivity contribution < 1.29 is 33.4 Å². The van der Waals surface area contributed by atoms with Crippen LogP contribution in [0.4, 0.5) is 0 Å². The Bertz CT molecular complexity index is 1490. The monoisotopic (exact) mass is 733 g/mol. The third-order valence-electron chi connectivity index (χ3n) is 9.67. The number of morpholine rings is 1. The van der Waals surface area contributed by atoms with E-state index >= 15 is 0 Å². The molecule has 12 heteroatoms. The maximum Gasteiger partial charge on any atom is 0.243 e. The predicted molar refractivity (Wildman–Crippen MR) is 203 cm³/mol. The van der Waals surface area contributed by atoms with Crippen LogP contribution in [0.25, 0.3) is 0 Å². The second kappa shape index (κ2) is 20.4. The molecule has 4 amide bonds. The molecule has 12 nitrogen and oxygen atoms in total. The van der Waals surface area contributed by atoms with Crippen molar-refractivity contribution in [2.45, 2.75) is 103 Å². The van der Waals surface area contributed by atoms with Gasteiger partial charge in [-0.1, -0.05) is 88.4 Å². The Morgan fingerprint density at radius 1 is 0.698 bits per heavy atom. The van der Waals surface area contributed by atoms with Gasteiger partial charge in [0.15, 0.2) is 5.78 Å². The number of rotatable bonds is 21. The summed E-state index contributed by atoms with van der Waals surface area (Å²) >= 11 is 0. The summed E-state index contributed by atoms with van der Waals surface area (Å²) < 4.78 is 10.8. The fourth-order valence-electron chi connectivity index (χ4n) is 6.48. The Balaban J connectivity index is 1.50. The number of carbonyl (C=O) groups excluding carboxylic acids is 5. The van der Waals surface area contributed by atoms with Crippen molar-refractivity contribution in [3.63, 3.8) is 0 Å². The Kier molecular flexibility index (Phi) is 16.0. The van der Waals surface area contributed by atoms with Crippen LogP contribution < -0.4 is 21.3 Å². The molecule has 2 aliphatic heterocycles. The number of epoxide rings is 1. The van der Waals surface area contributed by atoms with Gasteiger partial charge in [0.25, 0.3) is 0 Å². The number of nitrogens with one attached hydrogen (secondary N) is 4. The fraction of sp³-hybridized carbons (Fsp3) is 0.585. The first-order chi connectivity index (χ1) is 25.3. The molecule has 4 rings (SSSR count). The zero-order valence-electron chi connectivity index (χ0n) is 32.0. The van der Waals surface area contributed by atoms with Crippen molar-refractivity contribution in [3.05, 3.63) is 71.8 Å². The van der Waals surface area contributed by atoms with Gasteiger partial charge in [-0.3, -0.25) is 28.9 Å². The van der Waals surface area contributed by atoms with E-state index in [0.717, 1.165) is 24.2 Å². The Morgan fingerprint density at radius 3 is 1.79 bits per heavy atom. The van der Waals surface area contributed by atoms with Gasteiger partial charge in [0, 0.05) is 32.5 Å². The number of ether oxygens (including phenoxy) is 2. The molecule has 53 heavy (non-hydrogen) atoms.